The van der Waals surface area contributed by atoms with Crippen molar-refractivity contribution in [2.24, 2.45) is 0 Å². The lowest BCUT2D eigenvalue weighted by Crippen LogP contribution is -2.44. The van der Waals surface area contributed by atoms with Gasteiger partial charge in [-0.05, 0) is 25.0 Å². The normalized spacial score (nSPS) is 22.2. The molecule has 0 amide bonds. The zero-order chi connectivity index (χ0) is 12.1. The quantitative estimate of drug-likeness (QED) is 0.715. The molecule has 0 spiro atoms. The van der Waals surface area contributed by atoms with E-state index < -0.39 is 0 Å². The Morgan fingerprint density at radius 2 is 2.12 bits per heavy atom. The van der Waals surface area contributed by atoms with Crippen LogP contribution in [0.5, 0.6) is 11.5 Å². The molecule has 1 aliphatic heterocycles. The summed E-state index contributed by atoms with van der Waals surface area (Å²) in [5.74, 6) is 1.71. The number of unbranched alkanes of at least 4 members (excludes halogenated alkanes) is 1. The first-order valence-electron chi connectivity index (χ1n) is 6.31. The van der Waals surface area contributed by atoms with Crippen LogP contribution in [0.15, 0.2) is 36.9 Å². The maximum absolute atomic E-state index is 6.17. The molecule has 0 radical (unpaired) electrons. The molecular formula is C15H20O2. The van der Waals surface area contributed by atoms with E-state index in [1.165, 1.54) is 6.42 Å². The fraction of sp³-hybridized carbons (Fsp3) is 0.467. The van der Waals surface area contributed by atoms with Crippen molar-refractivity contribution < 1.29 is 9.47 Å². The van der Waals surface area contributed by atoms with Crippen LogP contribution in [-0.4, -0.2) is 12.2 Å². The van der Waals surface area contributed by atoms with Crippen molar-refractivity contribution in [2.75, 3.05) is 6.61 Å². The van der Waals surface area contributed by atoms with Gasteiger partial charge in [0.05, 0.1) is 0 Å². The molecule has 2 rings (SSSR count). The minimum atomic E-state index is -0.216. The van der Waals surface area contributed by atoms with E-state index in [1.807, 2.05) is 30.3 Å². The van der Waals surface area contributed by atoms with E-state index in [0.717, 1.165) is 30.8 Å². The highest BCUT2D eigenvalue weighted by Gasteiger charge is 2.35. The van der Waals surface area contributed by atoms with Gasteiger partial charge in [0.15, 0.2) is 11.5 Å². The van der Waals surface area contributed by atoms with Crippen molar-refractivity contribution in [2.45, 2.75) is 38.2 Å². The maximum atomic E-state index is 6.17. The van der Waals surface area contributed by atoms with Crippen LogP contribution < -0.4 is 9.47 Å². The Kier molecular flexibility index (Phi) is 3.72. The first-order chi connectivity index (χ1) is 8.29. The molecule has 2 heteroatoms. The maximum Gasteiger partial charge on any atom is 0.162 e. The van der Waals surface area contributed by atoms with Crippen LogP contribution in [0.2, 0.25) is 0 Å². The SMILES string of the molecule is C=CCC1(CCCC)COc2ccccc2O1. The van der Waals surface area contributed by atoms with Crippen LogP contribution in [-0.2, 0) is 0 Å². The van der Waals surface area contributed by atoms with Crippen LogP contribution in [0.4, 0.5) is 0 Å². The van der Waals surface area contributed by atoms with Gasteiger partial charge in [0.1, 0.15) is 12.2 Å². The van der Waals surface area contributed by atoms with E-state index in [9.17, 15) is 0 Å². The Balaban J connectivity index is 2.17. The Labute approximate surface area is 103 Å². The fourth-order valence-corrected chi connectivity index (χ4v) is 2.21. The third-order valence-corrected chi connectivity index (χ3v) is 3.17. The summed E-state index contributed by atoms with van der Waals surface area (Å²) >= 11 is 0. The number of ether oxygens (including phenoxy) is 2. The number of rotatable bonds is 5. The molecule has 0 aromatic heterocycles. The van der Waals surface area contributed by atoms with Crippen molar-refractivity contribution in [1.29, 1.82) is 0 Å². The highest BCUT2D eigenvalue weighted by Crippen LogP contribution is 2.38. The van der Waals surface area contributed by atoms with Gasteiger partial charge in [-0.1, -0.05) is 31.6 Å². The van der Waals surface area contributed by atoms with Crippen molar-refractivity contribution in [3.05, 3.63) is 36.9 Å². The second-order valence-corrected chi connectivity index (χ2v) is 4.62. The van der Waals surface area contributed by atoms with E-state index in [0.29, 0.717) is 6.61 Å². The molecule has 0 aliphatic carbocycles. The highest BCUT2D eigenvalue weighted by molar-refractivity contribution is 5.41. The number of hydrogen-bond acceptors (Lipinski definition) is 2. The second kappa shape index (κ2) is 5.26. The van der Waals surface area contributed by atoms with Crippen LogP contribution in [0.1, 0.15) is 32.6 Å². The van der Waals surface area contributed by atoms with Gasteiger partial charge >= 0.3 is 0 Å². The van der Waals surface area contributed by atoms with Gasteiger partial charge in [0, 0.05) is 6.42 Å². The van der Waals surface area contributed by atoms with Gasteiger partial charge in [-0.2, -0.15) is 0 Å². The lowest BCUT2D eigenvalue weighted by atomic mass is 9.92. The third-order valence-electron chi connectivity index (χ3n) is 3.17. The van der Waals surface area contributed by atoms with Crippen LogP contribution in [0.25, 0.3) is 0 Å². The third kappa shape index (κ3) is 2.63. The molecular weight excluding hydrogens is 212 g/mol. The summed E-state index contributed by atoms with van der Waals surface area (Å²) in [6.07, 6.45) is 6.10. The molecule has 1 atom stereocenters. The molecule has 0 bridgehead atoms. The average molecular weight is 232 g/mol. The topological polar surface area (TPSA) is 18.5 Å². The molecule has 1 unspecified atom stereocenters. The first kappa shape index (κ1) is 12.0. The van der Waals surface area contributed by atoms with Crippen molar-refractivity contribution in [3.8, 4) is 11.5 Å². The first-order valence-corrected chi connectivity index (χ1v) is 6.31. The van der Waals surface area contributed by atoms with Crippen molar-refractivity contribution in [3.63, 3.8) is 0 Å². The number of hydrogen-bond donors (Lipinski definition) is 0. The Hall–Kier alpha value is -1.44. The summed E-state index contributed by atoms with van der Waals surface area (Å²) in [5, 5.41) is 0. The lowest BCUT2D eigenvalue weighted by molar-refractivity contribution is -0.0143. The number of para-hydroxylation sites is 2. The predicted octanol–water partition coefficient (Wildman–Crippen LogP) is 3.96. The van der Waals surface area contributed by atoms with Gasteiger partial charge in [-0.25, -0.2) is 0 Å². The van der Waals surface area contributed by atoms with Crippen LogP contribution in [0.3, 0.4) is 0 Å². The minimum Gasteiger partial charge on any atom is -0.486 e. The smallest absolute Gasteiger partial charge is 0.162 e. The Bertz CT molecular complexity index is 386. The molecule has 0 saturated carbocycles. The summed E-state index contributed by atoms with van der Waals surface area (Å²) in [4.78, 5) is 0. The molecule has 92 valence electrons. The Morgan fingerprint density at radius 1 is 1.35 bits per heavy atom. The molecule has 0 saturated heterocycles. The summed E-state index contributed by atoms with van der Waals surface area (Å²) in [5.41, 5.74) is -0.216. The molecule has 1 aliphatic rings. The van der Waals surface area contributed by atoms with Gasteiger partial charge in [0.25, 0.3) is 0 Å². The van der Waals surface area contributed by atoms with E-state index in [1.54, 1.807) is 0 Å². The van der Waals surface area contributed by atoms with E-state index in [-0.39, 0.29) is 5.60 Å². The predicted molar refractivity (Wildman–Crippen MR) is 69.6 cm³/mol. The number of fused-ring (bicyclic) bond motifs is 1. The summed E-state index contributed by atoms with van der Waals surface area (Å²) in [6.45, 7) is 6.64. The summed E-state index contributed by atoms with van der Waals surface area (Å²) in [6, 6.07) is 7.87. The Morgan fingerprint density at radius 3 is 2.82 bits per heavy atom. The molecule has 2 nitrogen and oxygen atoms in total. The molecule has 17 heavy (non-hydrogen) atoms. The van der Waals surface area contributed by atoms with E-state index in [2.05, 4.69) is 13.5 Å². The van der Waals surface area contributed by atoms with Gasteiger partial charge in [0.2, 0.25) is 0 Å². The number of benzene rings is 1. The van der Waals surface area contributed by atoms with Gasteiger partial charge in [-0.15, -0.1) is 6.58 Å². The average Bonchev–Trinajstić information content (AvgIpc) is 2.37. The minimum absolute atomic E-state index is 0.216. The van der Waals surface area contributed by atoms with Crippen molar-refractivity contribution >= 4 is 0 Å². The zero-order valence-electron chi connectivity index (χ0n) is 10.4. The van der Waals surface area contributed by atoms with Crippen LogP contribution >= 0.6 is 0 Å². The molecule has 1 aromatic carbocycles. The fourth-order valence-electron chi connectivity index (χ4n) is 2.21. The summed E-state index contributed by atoms with van der Waals surface area (Å²) < 4.78 is 12.0. The van der Waals surface area contributed by atoms with Gasteiger partial charge in [-0.3, -0.25) is 0 Å². The second-order valence-electron chi connectivity index (χ2n) is 4.62. The highest BCUT2D eigenvalue weighted by atomic mass is 16.6. The monoisotopic (exact) mass is 232 g/mol. The van der Waals surface area contributed by atoms with E-state index >= 15 is 0 Å². The molecule has 0 fully saturated rings. The standard InChI is InChI=1S/C15H20O2/c1-3-5-11-15(10-4-2)12-16-13-8-6-7-9-14(13)17-15/h4,6-9H,2-3,5,10-12H2,1H3. The van der Waals surface area contributed by atoms with E-state index in [4.69, 9.17) is 9.47 Å². The van der Waals surface area contributed by atoms with Crippen LogP contribution in [0, 0.1) is 0 Å². The largest absolute Gasteiger partial charge is 0.486 e. The molecule has 0 N–H and O–H groups in total. The van der Waals surface area contributed by atoms with Gasteiger partial charge < -0.3 is 9.47 Å². The summed E-state index contributed by atoms with van der Waals surface area (Å²) in [7, 11) is 0. The lowest BCUT2D eigenvalue weighted by Gasteiger charge is -2.38. The zero-order valence-corrected chi connectivity index (χ0v) is 10.4. The van der Waals surface area contributed by atoms with Crippen molar-refractivity contribution in [1.82, 2.24) is 0 Å². The molecule has 1 heterocycles. The molecule has 1 aromatic rings.